The van der Waals surface area contributed by atoms with Crippen LogP contribution < -0.4 is 9.47 Å². The highest BCUT2D eigenvalue weighted by Crippen LogP contribution is 2.30. The summed E-state index contributed by atoms with van der Waals surface area (Å²) in [6.07, 6.45) is 1.31. The molecule has 0 fully saturated rings. The Labute approximate surface area is 134 Å². The van der Waals surface area contributed by atoms with E-state index in [0.717, 1.165) is 22.6 Å². The third-order valence-corrected chi connectivity index (χ3v) is 3.59. The van der Waals surface area contributed by atoms with Crippen LogP contribution >= 0.6 is 11.6 Å². The van der Waals surface area contributed by atoms with E-state index < -0.39 is 0 Å². The lowest BCUT2D eigenvalue weighted by molar-refractivity contribution is 0.322. The van der Waals surface area contributed by atoms with Gasteiger partial charge in [0.05, 0.1) is 25.5 Å². The highest BCUT2D eigenvalue weighted by molar-refractivity contribution is 6.56. The zero-order valence-corrected chi connectivity index (χ0v) is 13.0. The molecule has 0 aromatic heterocycles. The van der Waals surface area contributed by atoms with E-state index in [1.165, 1.54) is 6.21 Å². The van der Waals surface area contributed by atoms with Crippen molar-refractivity contribution < 1.29 is 14.7 Å². The van der Waals surface area contributed by atoms with Crippen LogP contribution in [0.5, 0.6) is 11.5 Å². The predicted octanol–water partition coefficient (Wildman–Crippen LogP) is 4.27. The first kappa shape index (κ1) is 15.9. The molecule has 0 bridgehead atoms. The minimum Gasteiger partial charge on any atom is -0.497 e. The Hall–Kier alpha value is -2.46. The van der Waals surface area contributed by atoms with Crippen molar-refractivity contribution in [1.82, 2.24) is 0 Å². The summed E-state index contributed by atoms with van der Waals surface area (Å²) in [6, 6.07) is 14.7. The number of oxime groups is 1. The van der Waals surface area contributed by atoms with E-state index in [2.05, 4.69) is 5.16 Å². The number of ether oxygens (including phenoxy) is 2. The minimum absolute atomic E-state index is 0.477. The van der Waals surface area contributed by atoms with Gasteiger partial charge in [-0.25, -0.2) is 0 Å². The van der Waals surface area contributed by atoms with Gasteiger partial charge in [-0.3, -0.25) is 0 Å². The van der Waals surface area contributed by atoms with Crippen molar-refractivity contribution in [3.8, 4) is 11.5 Å². The van der Waals surface area contributed by atoms with Gasteiger partial charge in [0.15, 0.2) is 0 Å². The molecule has 0 saturated carbocycles. The number of hydrogen-bond donors (Lipinski definition) is 1. The Kier molecular flexibility index (Phi) is 5.44. The monoisotopic (exact) mass is 317 g/mol. The van der Waals surface area contributed by atoms with Crippen molar-refractivity contribution in [2.75, 3.05) is 14.2 Å². The average Bonchev–Trinajstić information content (AvgIpc) is 2.59. The first-order valence-corrected chi connectivity index (χ1v) is 6.93. The molecule has 114 valence electrons. The maximum absolute atomic E-state index is 8.91. The highest BCUT2D eigenvalue weighted by atomic mass is 35.5. The Balaban J connectivity index is 2.46. The topological polar surface area (TPSA) is 51.0 Å². The average molecular weight is 318 g/mol. The number of methoxy groups -OCH3 is 2. The first-order valence-electron chi connectivity index (χ1n) is 6.55. The van der Waals surface area contributed by atoms with Gasteiger partial charge in [-0.1, -0.05) is 28.9 Å². The summed E-state index contributed by atoms with van der Waals surface area (Å²) in [7, 11) is 3.21. The Morgan fingerprint density at radius 3 is 1.77 bits per heavy atom. The maximum Gasteiger partial charge on any atom is 0.118 e. The van der Waals surface area contributed by atoms with Crippen molar-refractivity contribution in [1.29, 1.82) is 0 Å². The second-order valence-corrected chi connectivity index (χ2v) is 4.81. The highest BCUT2D eigenvalue weighted by Gasteiger charge is 2.09. The van der Waals surface area contributed by atoms with Crippen molar-refractivity contribution in [3.63, 3.8) is 0 Å². The number of allylic oxidation sites excluding steroid dienone is 1. The zero-order valence-electron chi connectivity index (χ0n) is 12.3. The lowest BCUT2D eigenvalue weighted by atomic mass is 10.0. The fraction of sp³-hybridized carbons (Fsp3) is 0.118. The number of nitrogens with zero attached hydrogens (tertiary/aromatic N) is 1. The molecule has 0 aliphatic carbocycles. The molecule has 5 heteroatoms. The summed E-state index contributed by atoms with van der Waals surface area (Å²) in [5.74, 6) is 1.49. The molecule has 0 aliphatic heterocycles. The molecule has 0 heterocycles. The molecule has 2 aromatic carbocycles. The quantitative estimate of drug-likeness (QED) is 0.388. The Morgan fingerprint density at radius 1 is 0.909 bits per heavy atom. The molecule has 0 aliphatic rings. The van der Waals surface area contributed by atoms with Crippen LogP contribution in [-0.2, 0) is 0 Å². The van der Waals surface area contributed by atoms with E-state index in [4.69, 9.17) is 26.3 Å². The van der Waals surface area contributed by atoms with E-state index >= 15 is 0 Å². The maximum atomic E-state index is 8.91. The third kappa shape index (κ3) is 3.59. The summed E-state index contributed by atoms with van der Waals surface area (Å²) in [5.41, 5.74) is 2.23. The van der Waals surface area contributed by atoms with Crippen LogP contribution in [0, 0.1) is 0 Å². The summed E-state index contributed by atoms with van der Waals surface area (Å²) in [5, 5.41) is 12.5. The fourth-order valence-electron chi connectivity index (χ4n) is 1.98. The van der Waals surface area contributed by atoms with Gasteiger partial charge in [-0.2, -0.15) is 0 Å². The molecule has 0 spiro atoms. The summed E-state index contributed by atoms with van der Waals surface area (Å²) < 4.78 is 10.3. The van der Waals surface area contributed by atoms with Crippen molar-refractivity contribution >= 4 is 28.4 Å². The second-order valence-electron chi connectivity index (χ2n) is 4.43. The molecule has 0 atom stereocenters. The molecule has 0 saturated heterocycles. The molecular weight excluding hydrogens is 302 g/mol. The van der Waals surface area contributed by atoms with E-state index in [0.29, 0.717) is 10.6 Å². The van der Waals surface area contributed by atoms with Gasteiger partial charge in [0.25, 0.3) is 0 Å². The van der Waals surface area contributed by atoms with E-state index in [9.17, 15) is 0 Å². The molecule has 0 amide bonds. The molecular formula is C17H16ClNO3. The molecule has 0 unspecified atom stereocenters. The Bertz CT molecular complexity index is 676. The summed E-state index contributed by atoms with van der Waals surface area (Å²) in [4.78, 5) is 0. The van der Waals surface area contributed by atoms with Gasteiger partial charge < -0.3 is 14.7 Å². The van der Waals surface area contributed by atoms with Crippen LogP contribution in [0.15, 0.2) is 53.7 Å². The number of hydrogen-bond acceptors (Lipinski definition) is 4. The first-order chi connectivity index (χ1) is 10.7. The van der Waals surface area contributed by atoms with Crippen LogP contribution in [0.25, 0.3) is 10.6 Å². The molecule has 1 N–H and O–H groups in total. The van der Waals surface area contributed by atoms with Crippen LogP contribution in [0.1, 0.15) is 11.1 Å². The minimum atomic E-state index is 0.477. The fourth-order valence-corrected chi connectivity index (χ4v) is 2.26. The summed E-state index contributed by atoms with van der Waals surface area (Å²) >= 11 is 6.46. The molecule has 2 rings (SSSR count). The Morgan fingerprint density at radius 2 is 1.36 bits per heavy atom. The lowest BCUT2D eigenvalue weighted by Gasteiger charge is -2.08. The number of benzene rings is 2. The van der Waals surface area contributed by atoms with Gasteiger partial charge in [0.2, 0.25) is 0 Å². The van der Waals surface area contributed by atoms with Crippen LogP contribution in [0.3, 0.4) is 0 Å². The zero-order chi connectivity index (χ0) is 15.9. The third-order valence-electron chi connectivity index (χ3n) is 3.17. The van der Waals surface area contributed by atoms with Gasteiger partial charge in [-0.15, -0.1) is 0 Å². The SMILES string of the molecule is COc1ccc(/C(Cl)=C(\C=N\O)c2ccc(OC)cc2)cc1. The predicted molar refractivity (Wildman–Crippen MR) is 88.9 cm³/mol. The standard InChI is InChI=1S/C17H16ClNO3/c1-21-14-7-3-12(4-8-14)16(11-19-20)17(18)13-5-9-15(22-2)10-6-13/h3-11,20H,1-2H3/b17-16-,19-11+. The van der Waals surface area contributed by atoms with Crippen molar-refractivity contribution in [3.05, 3.63) is 59.7 Å². The van der Waals surface area contributed by atoms with Crippen molar-refractivity contribution in [2.45, 2.75) is 0 Å². The van der Waals surface area contributed by atoms with Crippen molar-refractivity contribution in [2.24, 2.45) is 5.16 Å². The van der Waals surface area contributed by atoms with Gasteiger partial charge >= 0.3 is 0 Å². The normalized spacial score (nSPS) is 12.1. The summed E-state index contributed by atoms with van der Waals surface area (Å²) in [6.45, 7) is 0. The molecule has 22 heavy (non-hydrogen) atoms. The van der Waals surface area contributed by atoms with Gasteiger partial charge in [0.1, 0.15) is 11.5 Å². The molecule has 2 aromatic rings. The molecule has 0 radical (unpaired) electrons. The number of halogens is 1. The second kappa shape index (κ2) is 7.52. The lowest BCUT2D eigenvalue weighted by Crippen LogP contribution is -1.92. The van der Waals surface area contributed by atoms with Gasteiger partial charge in [0, 0.05) is 5.57 Å². The van der Waals surface area contributed by atoms with E-state index in [1.54, 1.807) is 14.2 Å². The van der Waals surface area contributed by atoms with E-state index in [1.807, 2.05) is 48.5 Å². The van der Waals surface area contributed by atoms with Gasteiger partial charge in [-0.05, 0) is 47.5 Å². The van der Waals surface area contributed by atoms with E-state index in [-0.39, 0.29) is 0 Å². The molecule has 4 nitrogen and oxygen atoms in total. The number of rotatable bonds is 5. The van der Waals surface area contributed by atoms with Crippen LogP contribution in [-0.4, -0.2) is 25.6 Å². The smallest absolute Gasteiger partial charge is 0.118 e. The van der Waals surface area contributed by atoms with Crippen LogP contribution in [0.4, 0.5) is 0 Å². The van der Waals surface area contributed by atoms with Crippen LogP contribution in [0.2, 0.25) is 0 Å². The largest absolute Gasteiger partial charge is 0.497 e.